The molecule has 1 fully saturated rings. The SMILES string of the molecule is O=[N+]([O-])c1nn(CN2CCN(S(=O)(=O)c3ccc(Cl)c(Cl)c3)CC2)cc1Br. The summed E-state index contributed by atoms with van der Waals surface area (Å²) in [5.41, 5.74) is 0. The van der Waals surface area contributed by atoms with E-state index in [9.17, 15) is 18.5 Å². The molecule has 27 heavy (non-hydrogen) atoms. The van der Waals surface area contributed by atoms with Crippen LogP contribution < -0.4 is 0 Å². The number of benzene rings is 1. The lowest BCUT2D eigenvalue weighted by atomic mass is 10.4. The van der Waals surface area contributed by atoms with Crippen LogP contribution in [0.25, 0.3) is 0 Å². The van der Waals surface area contributed by atoms with Gasteiger partial charge in [0.25, 0.3) is 0 Å². The van der Waals surface area contributed by atoms with E-state index in [1.165, 1.54) is 33.4 Å². The van der Waals surface area contributed by atoms with Crippen LogP contribution in [0.1, 0.15) is 0 Å². The van der Waals surface area contributed by atoms with E-state index in [1.807, 2.05) is 4.90 Å². The number of halogens is 3. The highest BCUT2D eigenvalue weighted by molar-refractivity contribution is 9.10. The second kappa shape index (κ2) is 8.02. The molecule has 1 saturated heterocycles. The van der Waals surface area contributed by atoms with E-state index in [2.05, 4.69) is 21.0 Å². The summed E-state index contributed by atoms with van der Waals surface area (Å²) in [6.07, 6.45) is 1.52. The van der Waals surface area contributed by atoms with Crippen molar-refractivity contribution in [3.05, 3.63) is 49.0 Å². The number of aromatic nitrogens is 2. The van der Waals surface area contributed by atoms with Crippen molar-refractivity contribution in [2.75, 3.05) is 26.2 Å². The van der Waals surface area contributed by atoms with Crippen molar-refractivity contribution < 1.29 is 13.3 Å². The molecule has 0 aliphatic carbocycles. The zero-order valence-electron chi connectivity index (χ0n) is 13.8. The minimum Gasteiger partial charge on any atom is -0.358 e. The maximum Gasteiger partial charge on any atom is 0.404 e. The Morgan fingerprint density at radius 2 is 1.85 bits per heavy atom. The first-order valence-electron chi connectivity index (χ1n) is 7.73. The van der Waals surface area contributed by atoms with Crippen LogP contribution in [0.15, 0.2) is 33.8 Å². The Morgan fingerprint density at radius 1 is 1.19 bits per heavy atom. The van der Waals surface area contributed by atoms with Gasteiger partial charge in [0.05, 0.1) is 26.2 Å². The first-order valence-corrected chi connectivity index (χ1v) is 10.7. The van der Waals surface area contributed by atoms with Crippen molar-refractivity contribution in [1.82, 2.24) is 19.0 Å². The quantitative estimate of drug-likeness (QED) is 0.464. The second-order valence-corrected chi connectivity index (χ2v) is 9.44. The Balaban J connectivity index is 1.65. The molecule has 0 atom stereocenters. The molecule has 0 radical (unpaired) electrons. The third kappa shape index (κ3) is 4.44. The maximum atomic E-state index is 12.7. The fourth-order valence-electron chi connectivity index (χ4n) is 2.69. The molecule has 2 aromatic rings. The molecule has 0 N–H and O–H groups in total. The number of sulfonamides is 1. The van der Waals surface area contributed by atoms with Crippen LogP contribution in [0.3, 0.4) is 0 Å². The monoisotopic (exact) mass is 497 g/mol. The molecule has 0 amide bonds. The fourth-order valence-corrected chi connectivity index (χ4v) is 4.96. The molecule has 1 aromatic carbocycles. The summed E-state index contributed by atoms with van der Waals surface area (Å²) in [5.74, 6) is -0.254. The topological polar surface area (TPSA) is 102 Å². The minimum absolute atomic E-state index is 0.0944. The molecule has 1 aliphatic rings. The molecule has 0 saturated carbocycles. The molecule has 2 heterocycles. The van der Waals surface area contributed by atoms with Crippen molar-refractivity contribution in [3.8, 4) is 0 Å². The van der Waals surface area contributed by atoms with Crippen molar-refractivity contribution >= 4 is 55.0 Å². The minimum atomic E-state index is -3.67. The molecule has 0 spiro atoms. The first kappa shape index (κ1) is 20.5. The van der Waals surface area contributed by atoms with E-state index >= 15 is 0 Å². The van der Waals surface area contributed by atoms with Gasteiger partial charge in [-0.3, -0.25) is 4.90 Å². The van der Waals surface area contributed by atoms with Crippen LogP contribution in [0.4, 0.5) is 5.82 Å². The van der Waals surface area contributed by atoms with Crippen LogP contribution in [0, 0.1) is 10.1 Å². The number of hydrogen-bond donors (Lipinski definition) is 0. The lowest BCUT2D eigenvalue weighted by molar-refractivity contribution is -0.390. The molecule has 3 rings (SSSR count). The third-order valence-corrected chi connectivity index (χ3v) is 7.27. The predicted molar refractivity (Wildman–Crippen MR) is 103 cm³/mol. The Labute approximate surface area is 173 Å². The molecule has 0 bridgehead atoms. The van der Waals surface area contributed by atoms with Crippen LogP contribution in [-0.2, 0) is 16.7 Å². The van der Waals surface area contributed by atoms with Gasteiger partial charge in [0, 0.05) is 26.2 Å². The van der Waals surface area contributed by atoms with Crippen LogP contribution in [-0.4, -0.2) is 58.5 Å². The van der Waals surface area contributed by atoms with Gasteiger partial charge in [-0.2, -0.15) is 8.99 Å². The number of hydrogen-bond acceptors (Lipinski definition) is 6. The third-order valence-electron chi connectivity index (χ3n) is 4.08. The Bertz CT molecular complexity index is 976. The van der Waals surface area contributed by atoms with E-state index in [1.54, 1.807) is 0 Å². The molecule has 9 nitrogen and oxygen atoms in total. The van der Waals surface area contributed by atoms with Gasteiger partial charge in [0.2, 0.25) is 10.0 Å². The number of piperazine rings is 1. The van der Waals surface area contributed by atoms with Gasteiger partial charge in [-0.1, -0.05) is 23.2 Å². The molecule has 0 unspecified atom stereocenters. The number of rotatable bonds is 5. The van der Waals surface area contributed by atoms with Crippen molar-refractivity contribution in [1.29, 1.82) is 0 Å². The van der Waals surface area contributed by atoms with Gasteiger partial charge in [-0.15, -0.1) is 0 Å². The van der Waals surface area contributed by atoms with Gasteiger partial charge in [-0.25, -0.2) is 8.42 Å². The number of nitrogens with zero attached hydrogens (tertiary/aromatic N) is 5. The van der Waals surface area contributed by atoms with Crippen LogP contribution in [0.2, 0.25) is 10.0 Å². The fraction of sp³-hybridized carbons (Fsp3) is 0.357. The Morgan fingerprint density at radius 3 is 2.41 bits per heavy atom. The molecular formula is C14H14BrCl2N5O4S. The smallest absolute Gasteiger partial charge is 0.358 e. The van der Waals surface area contributed by atoms with Crippen molar-refractivity contribution in [3.63, 3.8) is 0 Å². The predicted octanol–water partition coefficient (Wildman–Crippen LogP) is 2.82. The van der Waals surface area contributed by atoms with Crippen molar-refractivity contribution in [2.45, 2.75) is 11.6 Å². The summed E-state index contributed by atoms with van der Waals surface area (Å²) < 4.78 is 28.6. The van der Waals surface area contributed by atoms with E-state index in [0.29, 0.717) is 29.3 Å². The summed E-state index contributed by atoms with van der Waals surface area (Å²) in [6, 6.07) is 4.22. The largest absolute Gasteiger partial charge is 0.404 e. The van der Waals surface area contributed by atoms with Gasteiger partial charge in [-0.05, 0) is 39.1 Å². The summed E-state index contributed by atoms with van der Waals surface area (Å²) in [6.45, 7) is 1.82. The zero-order valence-corrected chi connectivity index (χ0v) is 17.7. The van der Waals surface area contributed by atoms with Gasteiger partial charge in [0.1, 0.15) is 11.1 Å². The number of nitro groups is 1. The highest BCUT2D eigenvalue weighted by Gasteiger charge is 2.29. The van der Waals surface area contributed by atoms with Crippen LogP contribution >= 0.6 is 39.1 Å². The lowest BCUT2D eigenvalue weighted by Gasteiger charge is -2.33. The standard InChI is InChI=1S/C14H14BrCl2N5O4S/c15-11-8-20(18-14(11)22(23)24)9-19-3-5-21(6-4-19)27(25,26)10-1-2-12(16)13(17)7-10/h1-2,7-8H,3-6,9H2. The normalized spacial score (nSPS) is 16.6. The summed E-state index contributed by atoms with van der Waals surface area (Å²) in [4.78, 5) is 12.3. The van der Waals surface area contributed by atoms with Gasteiger partial charge >= 0.3 is 5.82 Å². The Kier molecular flexibility index (Phi) is 6.08. The second-order valence-electron chi connectivity index (χ2n) is 5.84. The maximum absolute atomic E-state index is 12.7. The highest BCUT2D eigenvalue weighted by atomic mass is 79.9. The Hall–Kier alpha value is -1.24. The summed E-state index contributed by atoms with van der Waals surface area (Å²) >= 11 is 14.9. The van der Waals surface area contributed by atoms with Gasteiger partial charge < -0.3 is 10.1 Å². The average Bonchev–Trinajstić information content (AvgIpc) is 2.98. The van der Waals surface area contributed by atoms with E-state index < -0.39 is 14.9 Å². The van der Waals surface area contributed by atoms with Crippen LogP contribution in [0.5, 0.6) is 0 Å². The molecular weight excluding hydrogens is 485 g/mol. The average molecular weight is 499 g/mol. The molecule has 146 valence electrons. The van der Waals surface area contributed by atoms with Crippen molar-refractivity contribution in [2.24, 2.45) is 0 Å². The van der Waals surface area contributed by atoms with E-state index in [4.69, 9.17) is 23.2 Å². The van der Waals surface area contributed by atoms with E-state index in [-0.39, 0.29) is 28.8 Å². The molecule has 13 heteroatoms. The summed E-state index contributed by atoms with van der Waals surface area (Å²) in [5, 5.41) is 15.2. The lowest BCUT2D eigenvalue weighted by Crippen LogP contribution is -2.48. The molecule has 1 aliphatic heterocycles. The van der Waals surface area contributed by atoms with Gasteiger partial charge in [0.15, 0.2) is 0 Å². The highest BCUT2D eigenvalue weighted by Crippen LogP contribution is 2.27. The zero-order chi connectivity index (χ0) is 19.8. The molecule has 1 aromatic heterocycles. The van der Waals surface area contributed by atoms with E-state index in [0.717, 1.165) is 0 Å². The first-order chi connectivity index (χ1) is 12.7. The summed E-state index contributed by atoms with van der Waals surface area (Å²) in [7, 11) is -3.67.